The fourth-order valence-electron chi connectivity index (χ4n) is 8.72. The second-order valence-corrected chi connectivity index (χ2v) is 15.7. The van der Waals surface area contributed by atoms with E-state index in [1.165, 1.54) is 34.8 Å². The lowest BCUT2D eigenvalue weighted by Gasteiger charge is -2.30. The van der Waals surface area contributed by atoms with Gasteiger partial charge in [-0.15, -0.1) is 0 Å². The van der Waals surface area contributed by atoms with Gasteiger partial charge in [0.15, 0.2) is 12.0 Å². The van der Waals surface area contributed by atoms with Crippen LogP contribution in [-0.4, -0.2) is 118 Å². The van der Waals surface area contributed by atoms with Crippen LogP contribution in [0.15, 0.2) is 59.3 Å². The Hall–Kier alpha value is -6.33. The van der Waals surface area contributed by atoms with Gasteiger partial charge in [-0.2, -0.15) is 0 Å². The summed E-state index contributed by atoms with van der Waals surface area (Å²) in [6, 6.07) is 14.5. The van der Waals surface area contributed by atoms with Crippen molar-refractivity contribution < 1.29 is 42.5 Å². The van der Waals surface area contributed by atoms with Gasteiger partial charge in [-0.25, -0.2) is 19.7 Å². The molecule has 17 heteroatoms. The molecular formula is C44H50N8O9. The number of H-pyrrole nitrogens is 2. The molecule has 6 atom stereocenters. The molecule has 0 radical (unpaired) electrons. The van der Waals surface area contributed by atoms with E-state index >= 15 is 0 Å². The van der Waals surface area contributed by atoms with Crippen molar-refractivity contribution in [1.82, 2.24) is 40.0 Å². The molecule has 2 aliphatic rings. The first-order valence-electron chi connectivity index (χ1n) is 20.5. The monoisotopic (exact) mass is 834 g/mol. The van der Waals surface area contributed by atoms with Crippen LogP contribution in [0.5, 0.6) is 0 Å². The van der Waals surface area contributed by atoms with Gasteiger partial charge in [-0.3, -0.25) is 14.4 Å². The van der Waals surface area contributed by atoms with Gasteiger partial charge >= 0.3 is 12.1 Å². The Morgan fingerprint density at radius 2 is 1.34 bits per heavy atom. The fraction of sp³-hybridized carbons (Fsp3) is 0.432. The Kier molecular flexibility index (Phi) is 11.8. The number of nitrogens with zero attached hydrogens (tertiary/aromatic N) is 5. The van der Waals surface area contributed by atoms with E-state index in [2.05, 4.69) is 20.3 Å². The van der Waals surface area contributed by atoms with Crippen LogP contribution >= 0.6 is 0 Å². The number of rotatable bonds is 13. The van der Waals surface area contributed by atoms with E-state index < -0.39 is 36.2 Å². The van der Waals surface area contributed by atoms with Crippen LogP contribution in [0.3, 0.4) is 0 Å². The Morgan fingerprint density at radius 3 is 1.92 bits per heavy atom. The lowest BCUT2D eigenvalue weighted by molar-refractivity contribution is -0.151. The summed E-state index contributed by atoms with van der Waals surface area (Å²) in [5, 5.41) is 2.63. The van der Waals surface area contributed by atoms with Crippen molar-refractivity contribution in [3.8, 4) is 22.3 Å². The Bertz CT molecular complexity index is 2430. The molecule has 0 unspecified atom stereocenters. The molecule has 0 saturated carbocycles. The summed E-state index contributed by atoms with van der Waals surface area (Å²) in [6.45, 7) is 4.59. The number of nitrogens with one attached hydrogen (secondary N) is 3. The van der Waals surface area contributed by atoms with Gasteiger partial charge in [0, 0.05) is 38.4 Å². The number of carbonyl (C=O) groups excluding carboxylic acids is 4. The molecule has 3 aromatic carbocycles. The lowest BCUT2D eigenvalue weighted by Crippen LogP contribution is -2.54. The number of esters is 1. The summed E-state index contributed by atoms with van der Waals surface area (Å²) in [7, 11) is 5.59. The summed E-state index contributed by atoms with van der Waals surface area (Å²) in [5.41, 5.74) is 7.98. The van der Waals surface area contributed by atoms with Crippen molar-refractivity contribution in [1.29, 1.82) is 0 Å². The normalized spacial score (nSPS) is 18.7. The number of methoxy groups -OCH3 is 4. The van der Waals surface area contributed by atoms with Crippen LogP contribution in [-0.2, 0) is 33.3 Å². The van der Waals surface area contributed by atoms with Crippen molar-refractivity contribution in [3.05, 3.63) is 66.6 Å². The molecule has 3 aromatic heterocycles. The van der Waals surface area contributed by atoms with Crippen LogP contribution in [0.2, 0.25) is 0 Å². The van der Waals surface area contributed by atoms with Crippen LogP contribution in [0, 0.1) is 5.92 Å². The highest BCUT2D eigenvalue weighted by Crippen LogP contribution is 2.39. The van der Waals surface area contributed by atoms with E-state index in [4.69, 9.17) is 33.3 Å². The number of aromatic nitrogens is 5. The number of oxazole rings is 1. The van der Waals surface area contributed by atoms with Gasteiger partial charge in [0.1, 0.15) is 23.2 Å². The average Bonchev–Trinajstić information content (AvgIpc) is 4.14. The first kappa shape index (κ1) is 41.4. The number of hydrogen-bond acceptors (Lipinski definition) is 12. The van der Waals surface area contributed by atoms with E-state index in [0.717, 1.165) is 63.6 Å². The first-order chi connectivity index (χ1) is 29.5. The molecule has 17 nitrogen and oxygen atoms in total. The number of hydrogen-bond donors (Lipinski definition) is 3. The van der Waals surface area contributed by atoms with Crippen LogP contribution in [0.4, 0.5) is 4.79 Å². The largest absolute Gasteiger partial charge is 0.469 e. The van der Waals surface area contributed by atoms with Crippen molar-refractivity contribution in [2.45, 2.75) is 76.3 Å². The second kappa shape index (κ2) is 17.3. The highest BCUT2D eigenvalue weighted by molar-refractivity contribution is 6.01. The minimum atomic E-state index is -0.925. The number of amides is 3. The molecule has 0 bridgehead atoms. The zero-order valence-corrected chi connectivity index (χ0v) is 35.0. The average molecular weight is 835 g/mol. The summed E-state index contributed by atoms with van der Waals surface area (Å²) in [6.07, 6.45) is 2.66. The Morgan fingerprint density at radius 1 is 0.770 bits per heavy atom. The van der Waals surface area contributed by atoms with E-state index in [-0.39, 0.29) is 30.3 Å². The Balaban J connectivity index is 1.04. The number of fused-ring (bicyclic) bond motifs is 3. The zero-order valence-electron chi connectivity index (χ0n) is 35.0. The molecule has 0 aliphatic carbocycles. The highest BCUT2D eigenvalue weighted by atomic mass is 16.5. The predicted octanol–water partition coefficient (Wildman–Crippen LogP) is 6.22. The van der Waals surface area contributed by atoms with E-state index in [1.54, 1.807) is 23.6 Å². The first-order valence-corrected chi connectivity index (χ1v) is 20.5. The maximum absolute atomic E-state index is 13.8. The SMILES string of the molecule is COC(=O)C[C@H](C(=O)N1CCC[C@H]1c1nc2ccc(-c3ccc(-c4ccc5nc([C@@H]6CCCN6C(=O)[C@@H](NC(=O)OC)[C@@H](C)OC)[nH]c5c4)c4ncoc34)cc2[nH]1)[C@@H](C)OC. The zero-order chi connectivity index (χ0) is 42.9. The summed E-state index contributed by atoms with van der Waals surface area (Å²) >= 11 is 0. The number of alkyl carbamates (subject to hydrolysis) is 1. The minimum absolute atomic E-state index is 0.0664. The van der Waals surface area contributed by atoms with Crippen molar-refractivity contribution >= 4 is 57.0 Å². The fourth-order valence-corrected chi connectivity index (χ4v) is 8.72. The molecule has 3 N–H and O–H groups in total. The smallest absolute Gasteiger partial charge is 0.407 e. The number of carbonyl (C=O) groups is 4. The molecule has 320 valence electrons. The number of ether oxygens (including phenoxy) is 4. The maximum Gasteiger partial charge on any atom is 0.407 e. The van der Waals surface area contributed by atoms with Crippen LogP contribution < -0.4 is 5.32 Å². The molecule has 6 aromatic rings. The molecule has 8 rings (SSSR count). The summed E-state index contributed by atoms with van der Waals surface area (Å²) < 4.78 is 26.6. The Labute approximate surface area is 351 Å². The molecule has 2 saturated heterocycles. The van der Waals surface area contributed by atoms with E-state index in [1.807, 2.05) is 48.5 Å². The van der Waals surface area contributed by atoms with Gasteiger partial charge in [0.2, 0.25) is 11.8 Å². The molecule has 61 heavy (non-hydrogen) atoms. The number of benzene rings is 3. The molecule has 0 spiro atoms. The van der Waals surface area contributed by atoms with E-state index in [9.17, 15) is 19.2 Å². The van der Waals surface area contributed by atoms with Gasteiger partial charge in [-0.1, -0.05) is 18.2 Å². The number of imidazole rings is 2. The quantitative estimate of drug-likeness (QED) is 0.111. The van der Waals surface area contributed by atoms with Gasteiger partial charge in [0.05, 0.1) is 72.9 Å². The van der Waals surface area contributed by atoms with E-state index in [0.29, 0.717) is 42.3 Å². The van der Waals surface area contributed by atoms with Gasteiger partial charge in [0.25, 0.3) is 0 Å². The predicted molar refractivity (Wildman–Crippen MR) is 224 cm³/mol. The van der Waals surface area contributed by atoms with Crippen LogP contribution in [0.1, 0.15) is 69.7 Å². The van der Waals surface area contributed by atoms with Crippen LogP contribution in [0.25, 0.3) is 55.4 Å². The second-order valence-electron chi connectivity index (χ2n) is 15.7. The number of likely N-dealkylation sites (tertiary alicyclic amines) is 2. The molecule has 2 fully saturated rings. The van der Waals surface area contributed by atoms with Crippen molar-refractivity contribution in [2.75, 3.05) is 41.5 Å². The molecular weight excluding hydrogens is 785 g/mol. The minimum Gasteiger partial charge on any atom is -0.469 e. The molecule has 5 heterocycles. The number of aromatic amines is 2. The third-order valence-electron chi connectivity index (χ3n) is 12.2. The lowest BCUT2D eigenvalue weighted by atomic mass is 9.97. The maximum atomic E-state index is 13.8. The standard InChI is InChI=1S/C44H50N8O9/c1-23(57-3)29(21-36(53)59-5)42(54)51-17-7-9-34(51)40-46-31-16-12-26(20-33(31)49-40)28-14-13-27(38-39(28)61-22-45-38)25-11-15-30-32(19-25)48-41(47-30)35-10-8-18-52(35)43(55)37(24(2)58-4)50-44(56)60-6/h11-16,19-20,22-24,29,34-35,37H,7-10,17-18,21H2,1-6H3,(H,46,49)(H,47,48)(H,50,56)/t23-,24-,29+,34+,35+,37+/m1/s1. The summed E-state index contributed by atoms with van der Waals surface area (Å²) in [4.78, 5) is 76.9. The van der Waals surface area contributed by atoms with Gasteiger partial charge < -0.3 is 48.4 Å². The third kappa shape index (κ3) is 7.90. The molecule has 3 amide bonds. The highest BCUT2D eigenvalue weighted by Gasteiger charge is 2.40. The molecule has 2 aliphatic heterocycles. The van der Waals surface area contributed by atoms with Gasteiger partial charge in [-0.05, 0) is 81.0 Å². The summed E-state index contributed by atoms with van der Waals surface area (Å²) in [5.74, 6) is -0.216. The van der Waals surface area contributed by atoms with Crippen molar-refractivity contribution in [2.24, 2.45) is 5.92 Å². The van der Waals surface area contributed by atoms with Crippen molar-refractivity contribution in [3.63, 3.8) is 0 Å². The third-order valence-corrected chi connectivity index (χ3v) is 12.2. The topological polar surface area (TPSA) is 207 Å².